The van der Waals surface area contributed by atoms with E-state index in [0.717, 1.165) is 48.5 Å². The predicted molar refractivity (Wildman–Crippen MR) is 91.7 cm³/mol. The summed E-state index contributed by atoms with van der Waals surface area (Å²) in [4.78, 5) is 16.6. The molecule has 0 radical (unpaired) electrons. The fourth-order valence-electron chi connectivity index (χ4n) is 2.63. The first-order chi connectivity index (χ1) is 9.74. The van der Waals surface area contributed by atoms with E-state index in [4.69, 9.17) is 11.6 Å². The molecule has 21 heavy (non-hydrogen) atoms. The first kappa shape index (κ1) is 16.7. The molecule has 2 heterocycles. The Morgan fingerprint density at radius 3 is 2.67 bits per heavy atom. The fraction of sp³-hybridized carbons (Fsp3) is 0.500. The van der Waals surface area contributed by atoms with Crippen molar-refractivity contribution in [3.8, 4) is 0 Å². The predicted octanol–water partition coefficient (Wildman–Crippen LogP) is 2.07. The minimum absolute atomic E-state index is 0. The molecule has 1 N–H and O–H groups in total. The number of hydrogen-bond donors (Lipinski definition) is 1. The van der Waals surface area contributed by atoms with Crippen LogP contribution in [0.2, 0.25) is 5.02 Å². The Kier molecular flexibility index (Phi) is 6.05. The van der Waals surface area contributed by atoms with Crippen LogP contribution in [-0.4, -0.2) is 54.7 Å². The number of anilines is 1. The average Bonchev–Trinajstić information content (AvgIpc) is 3.01. The molecule has 1 aromatic rings. The zero-order chi connectivity index (χ0) is 13.9. The summed E-state index contributed by atoms with van der Waals surface area (Å²) in [7, 11) is 0. The van der Waals surface area contributed by atoms with E-state index in [0.29, 0.717) is 0 Å². The molecule has 0 aliphatic carbocycles. The number of benzene rings is 1. The molecule has 0 spiro atoms. The van der Waals surface area contributed by atoms with E-state index >= 15 is 0 Å². The van der Waals surface area contributed by atoms with Crippen molar-refractivity contribution < 1.29 is 4.79 Å². The molecule has 0 bridgehead atoms. The Morgan fingerprint density at radius 2 is 2.05 bits per heavy atom. The van der Waals surface area contributed by atoms with Crippen LogP contribution in [0.4, 0.5) is 5.69 Å². The van der Waals surface area contributed by atoms with Gasteiger partial charge in [0.2, 0.25) is 5.91 Å². The SMILES string of the molecule is Cl.O=C(C1CSCN1)N1CCN(c2cccc(Cl)c2)CC1. The molecule has 0 aromatic heterocycles. The van der Waals surface area contributed by atoms with Gasteiger partial charge in [-0.1, -0.05) is 17.7 Å². The van der Waals surface area contributed by atoms with Gasteiger partial charge in [-0.05, 0) is 18.2 Å². The highest BCUT2D eigenvalue weighted by molar-refractivity contribution is 7.99. The molecule has 7 heteroatoms. The van der Waals surface area contributed by atoms with Gasteiger partial charge in [-0.25, -0.2) is 0 Å². The van der Waals surface area contributed by atoms with Gasteiger partial charge < -0.3 is 9.80 Å². The van der Waals surface area contributed by atoms with Gasteiger partial charge in [0.25, 0.3) is 0 Å². The monoisotopic (exact) mass is 347 g/mol. The number of thioether (sulfide) groups is 1. The van der Waals surface area contributed by atoms with Crippen LogP contribution < -0.4 is 10.2 Å². The standard InChI is InChI=1S/C14H18ClN3OS.ClH/c15-11-2-1-3-12(8-11)17-4-6-18(7-5-17)14(19)13-9-20-10-16-13;/h1-3,8,13,16H,4-7,9-10H2;1H. The van der Waals surface area contributed by atoms with E-state index in [1.807, 2.05) is 23.1 Å². The second kappa shape index (κ2) is 7.58. The zero-order valence-electron chi connectivity index (χ0n) is 11.6. The van der Waals surface area contributed by atoms with Gasteiger partial charge in [-0.15, -0.1) is 24.2 Å². The normalized spacial score (nSPS) is 22.0. The van der Waals surface area contributed by atoms with Crippen molar-refractivity contribution in [1.82, 2.24) is 10.2 Å². The third-order valence-electron chi connectivity index (χ3n) is 3.78. The van der Waals surface area contributed by atoms with E-state index in [2.05, 4.69) is 16.3 Å². The highest BCUT2D eigenvalue weighted by Crippen LogP contribution is 2.21. The van der Waals surface area contributed by atoms with Crippen molar-refractivity contribution in [3.05, 3.63) is 29.3 Å². The van der Waals surface area contributed by atoms with Crippen LogP contribution in [0, 0.1) is 0 Å². The summed E-state index contributed by atoms with van der Waals surface area (Å²) in [6, 6.07) is 7.91. The molecular formula is C14H19Cl2N3OS. The summed E-state index contributed by atoms with van der Waals surface area (Å²) in [5, 5.41) is 4.00. The molecule has 2 aliphatic heterocycles. The largest absolute Gasteiger partial charge is 0.368 e. The second-order valence-electron chi connectivity index (χ2n) is 5.06. The Hall–Kier alpha value is -0.620. The lowest BCUT2D eigenvalue weighted by atomic mass is 10.2. The zero-order valence-corrected chi connectivity index (χ0v) is 14.0. The van der Waals surface area contributed by atoms with Gasteiger partial charge in [0.05, 0.1) is 6.04 Å². The molecule has 1 unspecified atom stereocenters. The molecule has 2 saturated heterocycles. The van der Waals surface area contributed by atoms with E-state index in [-0.39, 0.29) is 24.4 Å². The van der Waals surface area contributed by atoms with Crippen LogP contribution in [0.25, 0.3) is 0 Å². The maximum absolute atomic E-state index is 12.3. The van der Waals surface area contributed by atoms with Crippen molar-refractivity contribution >= 4 is 47.4 Å². The van der Waals surface area contributed by atoms with Crippen LogP contribution in [0.3, 0.4) is 0 Å². The molecule has 1 atom stereocenters. The van der Waals surface area contributed by atoms with E-state index < -0.39 is 0 Å². The van der Waals surface area contributed by atoms with Crippen molar-refractivity contribution in [2.75, 3.05) is 42.7 Å². The topological polar surface area (TPSA) is 35.6 Å². The van der Waals surface area contributed by atoms with Crippen LogP contribution in [0.5, 0.6) is 0 Å². The van der Waals surface area contributed by atoms with E-state index in [1.54, 1.807) is 11.8 Å². The van der Waals surface area contributed by atoms with Crippen molar-refractivity contribution in [2.24, 2.45) is 0 Å². The van der Waals surface area contributed by atoms with Crippen LogP contribution in [0.15, 0.2) is 24.3 Å². The summed E-state index contributed by atoms with van der Waals surface area (Å²) in [6.45, 7) is 3.31. The van der Waals surface area contributed by atoms with Crippen molar-refractivity contribution in [2.45, 2.75) is 6.04 Å². The van der Waals surface area contributed by atoms with Crippen molar-refractivity contribution in [3.63, 3.8) is 0 Å². The van der Waals surface area contributed by atoms with Gasteiger partial charge in [0, 0.05) is 48.5 Å². The first-order valence-electron chi connectivity index (χ1n) is 6.84. The number of amides is 1. The first-order valence-corrected chi connectivity index (χ1v) is 8.38. The number of hydrogen-bond acceptors (Lipinski definition) is 4. The maximum Gasteiger partial charge on any atom is 0.240 e. The smallest absolute Gasteiger partial charge is 0.240 e. The second-order valence-corrected chi connectivity index (χ2v) is 6.53. The Bertz CT molecular complexity index is 489. The lowest BCUT2D eigenvalue weighted by Gasteiger charge is -2.37. The molecule has 1 amide bonds. The van der Waals surface area contributed by atoms with E-state index in [1.165, 1.54) is 0 Å². The molecule has 3 rings (SSSR count). The highest BCUT2D eigenvalue weighted by Gasteiger charge is 2.29. The molecule has 116 valence electrons. The summed E-state index contributed by atoms with van der Waals surface area (Å²) in [6.07, 6.45) is 0. The van der Waals surface area contributed by atoms with Crippen LogP contribution in [0.1, 0.15) is 0 Å². The van der Waals surface area contributed by atoms with Crippen LogP contribution >= 0.6 is 35.8 Å². The minimum atomic E-state index is 0. The van der Waals surface area contributed by atoms with E-state index in [9.17, 15) is 4.79 Å². The molecular weight excluding hydrogens is 329 g/mol. The Morgan fingerprint density at radius 1 is 1.29 bits per heavy atom. The average molecular weight is 348 g/mol. The maximum atomic E-state index is 12.3. The molecule has 2 aliphatic rings. The summed E-state index contributed by atoms with van der Waals surface area (Å²) in [5.41, 5.74) is 1.14. The summed E-state index contributed by atoms with van der Waals surface area (Å²) >= 11 is 7.82. The number of carbonyl (C=O) groups excluding carboxylic acids is 1. The summed E-state index contributed by atoms with van der Waals surface area (Å²) < 4.78 is 0. The van der Waals surface area contributed by atoms with Gasteiger partial charge in [-0.2, -0.15) is 0 Å². The third kappa shape index (κ3) is 3.97. The molecule has 1 aromatic carbocycles. The summed E-state index contributed by atoms with van der Waals surface area (Å²) in [5.74, 6) is 2.03. The number of piperazine rings is 1. The Labute approximate surface area is 140 Å². The van der Waals surface area contributed by atoms with Gasteiger partial charge in [0.1, 0.15) is 0 Å². The van der Waals surface area contributed by atoms with Gasteiger partial charge >= 0.3 is 0 Å². The van der Waals surface area contributed by atoms with Gasteiger partial charge in [0.15, 0.2) is 0 Å². The molecule has 4 nitrogen and oxygen atoms in total. The molecule has 2 fully saturated rings. The fourth-order valence-corrected chi connectivity index (χ4v) is 3.75. The number of carbonyl (C=O) groups is 1. The Balaban J connectivity index is 0.00000161. The lowest BCUT2D eigenvalue weighted by Crippen LogP contribution is -2.53. The van der Waals surface area contributed by atoms with Crippen LogP contribution in [-0.2, 0) is 4.79 Å². The van der Waals surface area contributed by atoms with Crippen molar-refractivity contribution in [1.29, 1.82) is 0 Å². The third-order valence-corrected chi connectivity index (χ3v) is 4.95. The lowest BCUT2D eigenvalue weighted by molar-refractivity contribution is -0.132. The number of rotatable bonds is 2. The van der Waals surface area contributed by atoms with Gasteiger partial charge in [-0.3, -0.25) is 10.1 Å². The molecule has 0 saturated carbocycles. The number of nitrogens with zero attached hydrogens (tertiary/aromatic N) is 2. The number of nitrogens with one attached hydrogen (secondary N) is 1. The quantitative estimate of drug-likeness (QED) is 0.888. The highest BCUT2D eigenvalue weighted by atomic mass is 35.5. The number of halogens is 2. The minimum Gasteiger partial charge on any atom is -0.368 e.